The van der Waals surface area contributed by atoms with Crippen molar-refractivity contribution in [2.45, 2.75) is 0 Å². The molecule has 0 radical (unpaired) electrons. The molecule has 0 aromatic heterocycles. The number of rotatable bonds is 0. The zero-order valence-electron chi connectivity index (χ0n) is 1.65. The summed E-state index contributed by atoms with van der Waals surface area (Å²) < 4.78 is 0.0141. The van der Waals surface area contributed by atoms with Gasteiger partial charge in [0.05, 0.1) is 0 Å². The van der Waals surface area contributed by atoms with Gasteiger partial charge in [-0.25, -0.2) is 0 Å². The van der Waals surface area contributed by atoms with Crippen LogP contribution in [0.2, 0.25) is 0 Å². The summed E-state index contributed by atoms with van der Waals surface area (Å²) in [7, 11) is 4.00. The summed E-state index contributed by atoms with van der Waals surface area (Å²) in [4.78, 5) is 0. The van der Waals surface area contributed by atoms with Crippen LogP contribution in [0.15, 0.2) is 0 Å². The summed E-state index contributed by atoms with van der Waals surface area (Å²) in [6, 6.07) is 0. The van der Waals surface area contributed by atoms with Crippen LogP contribution in [0.3, 0.4) is 0 Å². The Morgan fingerprint density at radius 1 is 1.50 bits per heavy atom. The van der Waals surface area contributed by atoms with Gasteiger partial charge in [-0.3, -0.25) is 0 Å². The van der Waals surface area contributed by atoms with Gasteiger partial charge in [0.15, 0.2) is 0 Å². The second kappa shape index (κ2) is 3.38. The second-order valence-electron chi connectivity index (χ2n) is 0.215. The van der Waals surface area contributed by atoms with Gasteiger partial charge in [0.1, 0.15) is 0 Å². The molecule has 0 atom stereocenters. The fourth-order valence-electron chi connectivity index (χ4n) is 0. The van der Waals surface area contributed by atoms with Crippen molar-refractivity contribution in [2.75, 3.05) is 0 Å². The predicted octanol–water partition coefficient (Wildman–Crippen LogP) is 3.49. The van der Waals surface area contributed by atoms with Crippen LogP contribution < -0.4 is 0 Å². The minimum atomic E-state index is 0.0141. The molecule has 0 unspecified atom stereocenters. The first-order valence-corrected chi connectivity index (χ1v) is 8.60. The Labute approximate surface area is 54.1 Å². The number of halogens is 2. The Kier molecular flexibility index (Phi) is 5.23. The van der Waals surface area contributed by atoms with Gasteiger partial charge in [0, 0.05) is 0 Å². The molecule has 0 rings (SSSR count). The van der Waals surface area contributed by atoms with Crippen molar-refractivity contribution in [3.63, 3.8) is 0 Å². The van der Waals surface area contributed by atoms with E-state index in [2.05, 4.69) is 52.4 Å². The third kappa shape index (κ3) is 8.89. The van der Waals surface area contributed by atoms with E-state index >= 15 is 0 Å². The van der Waals surface area contributed by atoms with Crippen LogP contribution >= 0.6 is 54.7 Å². The van der Waals surface area contributed by atoms with Crippen molar-refractivity contribution < 1.29 is 0 Å². The van der Waals surface area contributed by atoms with E-state index in [9.17, 15) is 0 Å². The molecule has 4 heavy (non-hydrogen) atoms. The molecular formula is I2P2. The zero-order valence-corrected chi connectivity index (χ0v) is 7.75. The SMILES string of the molecule is P#P(I)I. The molecular weight excluding hydrogens is 316 g/mol. The molecule has 0 aliphatic heterocycles. The van der Waals surface area contributed by atoms with Gasteiger partial charge in [-0.05, 0) is 0 Å². The van der Waals surface area contributed by atoms with E-state index in [0.29, 0.717) is 0 Å². The third-order valence-corrected chi connectivity index (χ3v) is 0. The quantitative estimate of drug-likeness (QED) is 0.474. The Balaban J connectivity index is 3.02. The molecule has 0 bridgehead atoms. The van der Waals surface area contributed by atoms with Crippen LogP contribution in [-0.2, 0) is 0 Å². The number of hydrogen-bond acceptors (Lipinski definition) is 0. The van der Waals surface area contributed by atoms with Crippen molar-refractivity contribution in [1.82, 2.24) is 0 Å². The average molecular weight is 316 g/mol. The Morgan fingerprint density at radius 2 is 1.50 bits per heavy atom. The molecule has 0 aliphatic carbocycles. The topological polar surface area (TPSA) is 0 Å². The molecule has 0 saturated heterocycles. The van der Waals surface area contributed by atoms with E-state index in [-0.39, 0.29) is 2.31 Å². The molecule has 24 valence electrons. The minimum absolute atomic E-state index is 0.0141. The normalized spacial score (nSPS) is 6.25. The van der Waals surface area contributed by atoms with Crippen LogP contribution in [0.25, 0.3) is 0 Å². The second-order valence-corrected chi connectivity index (χ2v) is 17.8. The summed E-state index contributed by atoms with van der Waals surface area (Å²) in [5.41, 5.74) is 0. The molecule has 0 saturated carbocycles. The summed E-state index contributed by atoms with van der Waals surface area (Å²) in [6.07, 6.45) is 0. The summed E-state index contributed by atoms with van der Waals surface area (Å²) in [5, 5.41) is 0. The maximum absolute atomic E-state index is 4.00. The maximum atomic E-state index is 4.00. The monoisotopic (exact) mass is 316 g/mol. The third-order valence-electron chi connectivity index (χ3n) is 0. The van der Waals surface area contributed by atoms with Crippen LogP contribution in [0, 0.1) is 0 Å². The van der Waals surface area contributed by atoms with Gasteiger partial charge in [-0.1, -0.05) is 0 Å². The van der Waals surface area contributed by atoms with E-state index in [0.717, 1.165) is 0 Å². The number of hydrogen-bond donors (Lipinski definition) is 0. The van der Waals surface area contributed by atoms with E-state index in [1.807, 2.05) is 0 Å². The van der Waals surface area contributed by atoms with Crippen molar-refractivity contribution >= 4 is 54.7 Å². The van der Waals surface area contributed by atoms with Gasteiger partial charge in [-0.2, -0.15) is 0 Å². The van der Waals surface area contributed by atoms with Gasteiger partial charge in [0.2, 0.25) is 0 Å². The van der Waals surface area contributed by atoms with Crippen LogP contribution in [0.4, 0.5) is 0 Å². The summed E-state index contributed by atoms with van der Waals surface area (Å²) in [5.74, 6) is 0. The van der Waals surface area contributed by atoms with Gasteiger partial charge >= 0.3 is 54.7 Å². The van der Waals surface area contributed by atoms with E-state index in [4.69, 9.17) is 0 Å². The zero-order chi connectivity index (χ0) is 3.58. The van der Waals surface area contributed by atoms with Gasteiger partial charge in [0.25, 0.3) is 0 Å². The van der Waals surface area contributed by atoms with Crippen LogP contribution in [0.5, 0.6) is 0 Å². The average Bonchev–Trinajstić information content (AvgIpc) is 0.811. The fraction of sp³-hybridized carbons (Fsp3) is 0. The molecule has 0 amide bonds. The van der Waals surface area contributed by atoms with Crippen molar-refractivity contribution in [3.8, 4) is 0 Å². The molecule has 0 nitrogen and oxygen atoms in total. The fourth-order valence-corrected chi connectivity index (χ4v) is 0. The first-order valence-electron chi connectivity index (χ1n) is 0.538. The molecule has 0 N–H and O–H groups in total. The van der Waals surface area contributed by atoms with E-state index in [1.54, 1.807) is 0 Å². The summed E-state index contributed by atoms with van der Waals surface area (Å²) in [6.45, 7) is 0. The van der Waals surface area contributed by atoms with Crippen molar-refractivity contribution in [3.05, 3.63) is 0 Å². The van der Waals surface area contributed by atoms with E-state index in [1.165, 1.54) is 0 Å². The van der Waals surface area contributed by atoms with Crippen LogP contribution in [-0.4, -0.2) is 0 Å². The molecule has 0 spiro atoms. The van der Waals surface area contributed by atoms with Crippen molar-refractivity contribution in [2.24, 2.45) is 0 Å². The van der Waals surface area contributed by atoms with Crippen molar-refractivity contribution in [1.29, 1.82) is 0 Å². The molecule has 0 heterocycles. The van der Waals surface area contributed by atoms with Gasteiger partial charge < -0.3 is 0 Å². The Bertz CT molecular complexity index is 50.2. The molecule has 0 aromatic carbocycles. The summed E-state index contributed by atoms with van der Waals surface area (Å²) >= 11 is 4.52. The van der Waals surface area contributed by atoms with Crippen LogP contribution in [0.1, 0.15) is 0 Å². The predicted molar refractivity (Wildman–Crippen MR) is 41.9 cm³/mol. The Hall–Kier alpha value is 2.19. The molecule has 0 fully saturated rings. The first kappa shape index (κ1) is 6.19. The Morgan fingerprint density at radius 3 is 1.50 bits per heavy atom. The molecule has 0 aromatic rings. The standard InChI is InChI=1S/I2P2/c1-4(2)3. The van der Waals surface area contributed by atoms with Gasteiger partial charge in [-0.15, -0.1) is 0 Å². The molecule has 0 aliphatic rings. The van der Waals surface area contributed by atoms with E-state index < -0.39 is 0 Å². The molecule has 4 heteroatoms. The first-order chi connectivity index (χ1) is 1.73.